The van der Waals surface area contributed by atoms with Crippen molar-refractivity contribution in [2.75, 3.05) is 6.61 Å². The molecule has 0 heterocycles. The van der Waals surface area contributed by atoms with Crippen LogP contribution in [-0.2, 0) is 9.59 Å². The van der Waals surface area contributed by atoms with Crippen LogP contribution in [0.3, 0.4) is 0 Å². The Morgan fingerprint density at radius 3 is 2.59 bits per heavy atom. The lowest BCUT2D eigenvalue weighted by Crippen LogP contribution is -2.35. The lowest BCUT2D eigenvalue weighted by atomic mass is 9.65. The van der Waals surface area contributed by atoms with Crippen molar-refractivity contribution in [3.05, 3.63) is 12.2 Å². The molecule has 1 aliphatic carbocycles. The van der Waals surface area contributed by atoms with E-state index in [1.54, 1.807) is 6.08 Å². The van der Waals surface area contributed by atoms with Crippen LogP contribution in [0.4, 0.5) is 0 Å². The highest BCUT2D eigenvalue weighted by atomic mass is 16.3. The van der Waals surface area contributed by atoms with Gasteiger partial charge in [0.15, 0.2) is 5.78 Å². The van der Waals surface area contributed by atoms with Crippen molar-refractivity contribution in [1.82, 2.24) is 0 Å². The molecule has 0 radical (unpaired) electrons. The van der Waals surface area contributed by atoms with Crippen molar-refractivity contribution < 1.29 is 14.7 Å². The molecule has 1 N–H and O–H groups in total. The van der Waals surface area contributed by atoms with Gasteiger partial charge in [-0.05, 0) is 24.3 Å². The highest BCUT2D eigenvalue weighted by molar-refractivity contribution is 5.96. The third-order valence-electron chi connectivity index (χ3n) is 3.47. The van der Waals surface area contributed by atoms with Gasteiger partial charge >= 0.3 is 0 Å². The average molecular weight is 238 g/mol. The maximum Gasteiger partial charge on any atom is 0.161 e. The first kappa shape index (κ1) is 14.1. The molecule has 3 heteroatoms. The number of hydrogen-bond acceptors (Lipinski definition) is 3. The molecule has 0 aliphatic heterocycles. The van der Waals surface area contributed by atoms with Gasteiger partial charge in [-0.3, -0.25) is 9.59 Å². The van der Waals surface area contributed by atoms with E-state index in [4.69, 9.17) is 5.11 Å². The number of hydrogen-bond donors (Lipinski definition) is 1. The number of aliphatic hydroxyl groups is 1. The van der Waals surface area contributed by atoms with E-state index in [0.717, 1.165) is 6.42 Å². The molecule has 0 bridgehead atoms. The maximum atomic E-state index is 11.9. The van der Waals surface area contributed by atoms with Crippen molar-refractivity contribution in [2.24, 2.45) is 10.8 Å². The summed E-state index contributed by atoms with van der Waals surface area (Å²) in [4.78, 5) is 23.3. The normalized spacial score (nSPS) is 27.2. The van der Waals surface area contributed by atoms with Crippen molar-refractivity contribution in [2.45, 2.75) is 46.5 Å². The summed E-state index contributed by atoms with van der Waals surface area (Å²) in [6.07, 6.45) is 5.54. The van der Waals surface area contributed by atoms with Crippen LogP contribution in [0, 0.1) is 10.8 Å². The number of allylic oxidation sites excluding steroid dienone is 2. The number of rotatable bonds is 5. The second-order valence-electron chi connectivity index (χ2n) is 5.94. The van der Waals surface area contributed by atoms with Gasteiger partial charge in [-0.2, -0.15) is 0 Å². The predicted octanol–water partition coefficient (Wildman–Crippen LogP) is 2.28. The Hall–Kier alpha value is -0.960. The molecule has 0 saturated heterocycles. The summed E-state index contributed by atoms with van der Waals surface area (Å²) >= 11 is 0. The third-order valence-corrected chi connectivity index (χ3v) is 3.47. The van der Waals surface area contributed by atoms with Gasteiger partial charge in [0.05, 0.1) is 0 Å². The molecule has 1 aliphatic rings. The molecule has 0 unspecified atom stereocenters. The Labute approximate surface area is 103 Å². The van der Waals surface area contributed by atoms with E-state index in [-0.39, 0.29) is 30.0 Å². The molecular formula is C14H22O3. The fourth-order valence-electron chi connectivity index (χ4n) is 2.53. The third kappa shape index (κ3) is 3.77. The van der Waals surface area contributed by atoms with E-state index >= 15 is 0 Å². The Morgan fingerprint density at radius 2 is 2.00 bits per heavy atom. The quantitative estimate of drug-likeness (QED) is 0.799. The highest BCUT2D eigenvalue weighted by Crippen LogP contribution is 2.42. The zero-order valence-electron chi connectivity index (χ0n) is 11.0. The van der Waals surface area contributed by atoms with Crippen molar-refractivity contribution in [1.29, 1.82) is 0 Å². The van der Waals surface area contributed by atoms with E-state index in [1.165, 1.54) is 0 Å². The van der Waals surface area contributed by atoms with Gasteiger partial charge in [-0.1, -0.05) is 26.8 Å². The molecule has 1 atom stereocenters. The van der Waals surface area contributed by atoms with E-state index in [0.29, 0.717) is 12.8 Å². The summed E-state index contributed by atoms with van der Waals surface area (Å²) in [6, 6.07) is 0. The van der Waals surface area contributed by atoms with E-state index in [2.05, 4.69) is 13.8 Å². The van der Waals surface area contributed by atoms with Crippen LogP contribution in [0.2, 0.25) is 0 Å². The second-order valence-corrected chi connectivity index (χ2v) is 5.94. The molecule has 0 spiro atoms. The van der Waals surface area contributed by atoms with Gasteiger partial charge in [0, 0.05) is 24.9 Å². The molecule has 0 aromatic rings. The Balaban J connectivity index is 2.65. The minimum atomic E-state index is -0.427. The fourth-order valence-corrected chi connectivity index (χ4v) is 2.53. The molecule has 0 amide bonds. The lowest BCUT2D eigenvalue weighted by molar-refractivity contribution is -0.127. The van der Waals surface area contributed by atoms with Crippen LogP contribution in [0.15, 0.2) is 12.2 Å². The molecule has 0 saturated carbocycles. The summed E-state index contributed by atoms with van der Waals surface area (Å²) < 4.78 is 0. The minimum Gasteiger partial charge on any atom is -0.396 e. The van der Waals surface area contributed by atoms with E-state index < -0.39 is 5.41 Å². The number of aliphatic hydroxyl groups excluding tert-OH is 1. The second kappa shape index (κ2) is 5.13. The van der Waals surface area contributed by atoms with Crippen LogP contribution in [0.25, 0.3) is 0 Å². The van der Waals surface area contributed by atoms with Crippen molar-refractivity contribution >= 4 is 11.6 Å². The first-order chi connectivity index (χ1) is 7.79. The molecule has 0 fully saturated rings. The number of carbonyl (C=O) groups excluding carboxylic acids is 2. The van der Waals surface area contributed by atoms with Crippen LogP contribution >= 0.6 is 0 Å². The molecule has 17 heavy (non-hydrogen) atoms. The Morgan fingerprint density at radius 1 is 1.35 bits per heavy atom. The monoisotopic (exact) mass is 238 g/mol. The molecular weight excluding hydrogens is 216 g/mol. The van der Waals surface area contributed by atoms with Gasteiger partial charge in [-0.15, -0.1) is 0 Å². The average Bonchev–Trinajstić information content (AvgIpc) is 2.22. The van der Waals surface area contributed by atoms with Crippen LogP contribution in [-0.4, -0.2) is 23.3 Å². The largest absolute Gasteiger partial charge is 0.396 e. The van der Waals surface area contributed by atoms with Crippen LogP contribution in [0.1, 0.15) is 46.5 Å². The van der Waals surface area contributed by atoms with Gasteiger partial charge in [0.25, 0.3) is 0 Å². The van der Waals surface area contributed by atoms with Gasteiger partial charge < -0.3 is 5.11 Å². The smallest absolute Gasteiger partial charge is 0.161 e. The van der Waals surface area contributed by atoms with Crippen molar-refractivity contribution in [3.8, 4) is 0 Å². The molecule has 0 aromatic carbocycles. The van der Waals surface area contributed by atoms with Crippen LogP contribution in [0.5, 0.6) is 0 Å². The first-order valence-corrected chi connectivity index (χ1v) is 6.15. The summed E-state index contributed by atoms with van der Waals surface area (Å²) in [5.74, 6) is 0.155. The molecule has 96 valence electrons. The lowest BCUT2D eigenvalue weighted by Gasteiger charge is -2.37. The highest BCUT2D eigenvalue weighted by Gasteiger charge is 2.39. The fraction of sp³-hybridized carbons (Fsp3) is 0.714. The van der Waals surface area contributed by atoms with E-state index in [9.17, 15) is 9.59 Å². The van der Waals surface area contributed by atoms with Gasteiger partial charge in [0.2, 0.25) is 0 Å². The number of carbonyl (C=O) groups is 2. The van der Waals surface area contributed by atoms with Gasteiger partial charge in [0.1, 0.15) is 5.78 Å². The van der Waals surface area contributed by atoms with E-state index in [1.807, 2.05) is 13.0 Å². The number of Topliss-reactive ketones (excluding diaryl/α,β-unsaturated/α-hetero) is 1. The zero-order chi connectivity index (χ0) is 13.1. The predicted molar refractivity (Wildman–Crippen MR) is 66.6 cm³/mol. The topological polar surface area (TPSA) is 54.4 Å². The zero-order valence-corrected chi connectivity index (χ0v) is 11.0. The van der Waals surface area contributed by atoms with Crippen LogP contribution < -0.4 is 0 Å². The summed E-state index contributed by atoms with van der Waals surface area (Å²) in [6.45, 7) is 6.04. The first-order valence-electron chi connectivity index (χ1n) is 6.15. The molecule has 3 nitrogen and oxygen atoms in total. The summed E-state index contributed by atoms with van der Waals surface area (Å²) in [7, 11) is 0. The minimum absolute atomic E-state index is 0.0166. The SMILES string of the molecule is CC1(C)C=CC(=O)[C@@](C)(CCC(=O)CCO)C1. The molecule has 0 aromatic heterocycles. The number of ketones is 2. The standard InChI is InChI=1S/C14H22O3/c1-13(2)7-5-12(17)14(3,10-13)8-4-11(16)6-9-15/h5,7,15H,4,6,8-10H2,1-3H3/t14-/m0/s1. The maximum absolute atomic E-state index is 11.9. The molecule has 1 rings (SSSR count). The summed E-state index contributed by atoms with van der Waals surface area (Å²) in [5.41, 5.74) is -0.411. The summed E-state index contributed by atoms with van der Waals surface area (Å²) in [5, 5.41) is 8.67. The van der Waals surface area contributed by atoms with Gasteiger partial charge in [-0.25, -0.2) is 0 Å². The Bertz CT molecular complexity index is 341. The van der Waals surface area contributed by atoms with Crippen molar-refractivity contribution in [3.63, 3.8) is 0 Å². The Kier molecular flexibility index (Phi) is 4.26.